The summed E-state index contributed by atoms with van der Waals surface area (Å²) in [5, 5.41) is 6.10. The molecule has 1 unspecified atom stereocenters. The van der Waals surface area contributed by atoms with Crippen molar-refractivity contribution in [3.8, 4) is 0 Å². The Labute approximate surface area is 139 Å². The number of hydrogen-bond donors (Lipinski definition) is 1. The SMILES string of the molecule is C[C@H](NC(c1cccs1)C1CCCC1)c1ccccc1Br. The normalized spacial score (nSPS) is 18.8. The van der Waals surface area contributed by atoms with Gasteiger partial charge in [-0.05, 0) is 48.8 Å². The predicted molar refractivity (Wildman–Crippen MR) is 94.7 cm³/mol. The lowest BCUT2D eigenvalue weighted by Crippen LogP contribution is -2.29. The van der Waals surface area contributed by atoms with Crippen LogP contribution in [0.1, 0.15) is 55.1 Å². The molecular formula is C18H22BrNS. The van der Waals surface area contributed by atoms with Gasteiger partial charge < -0.3 is 5.32 Å². The summed E-state index contributed by atoms with van der Waals surface area (Å²) in [6.07, 6.45) is 5.49. The van der Waals surface area contributed by atoms with Gasteiger partial charge in [0.25, 0.3) is 0 Å². The second kappa shape index (κ2) is 7.08. The minimum absolute atomic E-state index is 0.355. The van der Waals surface area contributed by atoms with Crippen LogP contribution in [0.15, 0.2) is 46.3 Å². The molecule has 1 heterocycles. The number of halogens is 1. The third-order valence-corrected chi connectivity index (χ3v) is 6.20. The number of thiophene rings is 1. The molecule has 3 heteroatoms. The fourth-order valence-electron chi connectivity index (χ4n) is 3.39. The van der Waals surface area contributed by atoms with Gasteiger partial charge in [0, 0.05) is 21.4 Å². The number of benzene rings is 1. The van der Waals surface area contributed by atoms with E-state index < -0.39 is 0 Å². The van der Waals surface area contributed by atoms with Crippen molar-refractivity contribution >= 4 is 27.3 Å². The van der Waals surface area contributed by atoms with Crippen molar-refractivity contribution in [3.63, 3.8) is 0 Å². The molecule has 0 bridgehead atoms. The van der Waals surface area contributed by atoms with Crippen molar-refractivity contribution in [2.45, 2.75) is 44.7 Å². The highest BCUT2D eigenvalue weighted by atomic mass is 79.9. The number of nitrogens with one attached hydrogen (secondary N) is 1. The first kappa shape index (κ1) is 15.3. The molecule has 0 radical (unpaired) electrons. The van der Waals surface area contributed by atoms with E-state index in [2.05, 4.69) is 69.9 Å². The number of rotatable bonds is 5. The standard InChI is InChI=1S/C18H22BrNS/c1-13(15-9-4-5-10-16(15)19)20-18(14-7-2-3-8-14)17-11-6-12-21-17/h4-6,9-14,18,20H,2-3,7-8H2,1H3/t13-,18?/m0/s1. The van der Waals surface area contributed by atoms with Gasteiger partial charge in [-0.15, -0.1) is 11.3 Å². The van der Waals surface area contributed by atoms with Gasteiger partial charge in [-0.3, -0.25) is 0 Å². The number of hydrogen-bond acceptors (Lipinski definition) is 2. The summed E-state index contributed by atoms with van der Waals surface area (Å²) in [5.74, 6) is 0.786. The Hall–Kier alpha value is -0.640. The van der Waals surface area contributed by atoms with E-state index in [1.807, 2.05) is 11.3 Å². The predicted octanol–water partition coefficient (Wildman–Crippen LogP) is 6.09. The van der Waals surface area contributed by atoms with Crippen LogP contribution in [0.25, 0.3) is 0 Å². The molecule has 1 N–H and O–H groups in total. The van der Waals surface area contributed by atoms with Crippen LogP contribution in [0.5, 0.6) is 0 Å². The molecule has 0 aliphatic heterocycles. The Kier molecular flexibility index (Phi) is 5.15. The van der Waals surface area contributed by atoms with Crippen LogP contribution < -0.4 is 5.32 Å². The highest BCUT2D eigenvalue weighted by molar-refractivity contribution is 9.10. The van der Waals surface area contributed by atoms with Crippen LogP contribution in [0.4, 0.5) is 0 Å². The molecule has 1 aromatic heterocycles. The molecule has 2 atom stereocenters. The van der Waals surface area contributed by atoms with Crippen LogP contribution in [0.3, 0.4) is 0 Å². The maximum absolute atomic E-state index is 3.90. The lowest BCUT2D eigenvalue weighted by molar-refractivity contribution is 0.342. The Balaban J connectivity index is 1.79. The van der Waals surface area contributed by atoms with Crippen molar-refractivity contribution < 1.29 is 0 Å². The summed E-state index contributed by atoms with van der Waals surface area (Å²) >= 11 is 5.57. The average Bonchev–Trinajstić information content (AvgIpc) is 3.18. The maximum atomic E-state index is 3.90. The van der Waals surface area contributed by atoms with Crippen LogP contribution >= 0.6 is 27.3 Å². The van der Waals surface area contributed by atoms with Crippen molar-refractivity contribution in [2.24, 2.45) is 5.92 Å². The fraction of sp³-hybridized carbons (Fsp3) is 0.444. The van der Waals surface area contributed by atoms with Gasteiger partial charge in [0.05, 0.1) is 0 Å². The molecule has 0 spiro atoms. The molecule has 1 saturated carbocycles. The van der Waals surface area contributed by atoms with Gasteiger partial charge in [0.1, 0.15) is 0 Å². The van der Waals surface area contributed by atoms with E-state index in [4.69, 9.17) is 0 Å². The van der Waals surface area contributed by atoms with Crippen LogP contribution in [-0.4, -0.2) is 0 Å². The molecule has 3 rings (SSSR count). The second-order valence-electron chi connectivity index (χ2n) is 5.95. The van der Waals surface area contributed by atoms with Crippen LogP contribution in [0.2, 0.25) is 0 Å². The summed E-state index contributed by atoms with van der Waals surface area (Å²) in [6.45, 7) is 2.27. The monoisotopic (exact) mass is 363 g/mol. The van der Waals surface area contributed by atoms with Crippen LogP contribution in [0, 0.1) is 5.92 Å². The molecule has 0 amide bonds. The first-order valence-corrected chi connectivity index (χ1v) is 9.47. The van der Waals surface area contributed by atoms with Crippen molar-refractivity contribution in [2.75, 3.05) is 0 Å². The Morgan fingerprint density at radius 2 is 1.90 bits per heavy atom. The van der Waals surface area contributed by atoms with E-state index in [1.54, 1.807) is 0 Å². The zero-order valence-electron chi connectivity index (χ0n) is 12.4. The summed E-state index contributed by atoms with van der Waals surface area (Å²) in [4.78, 5) is 1.49. The molecule has 1 nitrogen and oxygen atoms in total. The minimum atomic E-state index is 0.355. The molecule has 112 valence electrons. The minimum Gasteiger partial charge on any atom is -0.302 e. The van der Waals surface area contributed by atoms with Crippen LogP contribution in [-0.2, 0) is 0 Å². The van der Waals surface area contributed by atoms with Gasteiger partial charge in [0.15, 0.2) is 0 Å². The second-order valence-corrected chi connectivity index (χ2v) is 7.78. The molecule has 1 fully saturated rings. The van der Waals surface area contributed by atoms with E-state index in [9.17, 15) is 0 Å². The first-order valence-electron chi connectivity index (χ1n) is 7.79. The molecular weight excluding hydrogens is 342 g/mol. The fourth-order valence-corrected chi connectivity index (χ4v) is 4.90. The lowest BCUT2D eigenvalue weighted by Gasteiger charge is -2.28. The summed E-state index contributed by atoms with van der Waals surface area (Å²) in [7, 11) is 0. The van der Waals surface area contributed by atoms with Gasteiger partial charge in [-0.1, -0.05) is 53.0 Å². The lowest BCUT2D eigenvalue weighted by atomic mass is 9.95. The Morgan fingerprint density at radius 3 is 2.57 bits per heavy atom. The topological polar surface area (TPSA) is 12.0 Å². The zero-order valence-corrected chi connectivity index (χ0v) is 14.8. The van der Waals surface area contributed by atoms with E-state index in [1.165, 1.54) is 40.6 Å². The highest BCUT2D eigenvalue weighted by Crippen LogP contribution is 2.39. The van der Waals surface area contributed by atoms with Gasteiger partial charge >= 0.3 is 0 Å². The molecule has 1 aromatic carbocycles. The molecule has 1 aliphatic carbocycles. The highest BCUT2D eigenvalue weighted by Gasteiger charge is 2.28. The summed E-state index contributed by atoms with van der Waals surface area (Å²) < 4.78 is 1.20. The Morgan fingerprint density at radius 1 is 1.14 bits per heavy atom. The third kappa shape index (κ3) is 3.58. The zero-order chi connectivity index (χ0) is 14.7. The van der Waals surface area contributed by atoms with Crippen molar-refractivity contribution in [1.82, 2.24) is 5.32 Å². The van der Waals surface area contributed by atoms with E-state index in [0.29, 0.717) is 12.1 Å². The smallest absolute Gasteiger partial charge is 0.0448 e. The molecule has 0 saturated heterocycles. The first-order chi connectivity index (χ1) is 10.3. The maximum Gasteiger partial charge on any atom is 0.0448 e. The van der Waals surface area contributed by atoms with Gasteiger partial charge in [-0.2, -0.15) is 0 Å². The van der Waals surface area contributed by atoms with Gasteiger partial charge in [0.2, 0.25) is 0 Å². The third-order valence-electron chi connectivity index (χ3n) is 4.52. The van der Waals surface area contributed by atoms with E-state index in [0.717, 1.165) is 5.92 Å². The summed E-state index contributed by atoms with van der Waals surface area (Å²) in [6, 6.07) is 13.8. The van der Waals surface area contributed by atoms with Crippen molar-refractivity contribution in [3.05, 3.63) is 56.7 Å². The van der Waals surface area contributed by atoms with Crippen molar-refractivity contribution in [1.29, 1.82) is 0 Å². The molecule has 21 heavy (non-hydrogen) atoms. The Bertz CT molecular complexity index is 560. The molecule has 1 aliphatic rings. The summed E-state index contributed by atoms with van der Waals surface area (Å²) in [5.41, 5.74) is 1.34. The molecule has 2 aromatic rings. The average molecular weight is 364 g/mol. The quantitative estimate of drug-likeness (QED) is 0.677. The largest absolute Gasteiger partial charge is 0.302 e. The van der Waals surface area contributed by atoms with E-state index in [-0.39, 0.29) is 0 Å². The van der Waals surface area contributed by atoms with E-state index >= 15 is 0 Å². The van der Waals surface area contributed by atoms with Gasteiger partial charge in [-0.25, -0.2) is 0 Å².